The molecule has 0 amide bonds. The van der Waals surface area contributed by atoms with Gasteiger partial charge in [0.15, 0.2) is 0 Å². The Morgan fingerprint density at radius 2 is 2.50 bits per heavy atom. The molecule has 1 unspecified atom stereocenters. The van der Waals surface area contributed by atoms with Crippen molar-refractivity contribution in [3.63, 3.8) is 0 Å². The van der Waals surface area contributed by atoms with Crippen LogP contribution in [0.25, 0.3) is 10.2 Å². The molecule has 0 saturated carbocycles. The van der Waals surface area contributed by atoms with E-state index in [0.29, 0.717) is 0 Å². The van der Waals surface area contributed by atoms with Crippen LogP contribution in [0.2, 0.25) is 0 Å². The molecule has 3 nitrogen and oxygen atoms in total. The van der Waals surface area contributed by atoms with Gasteiger partial charge in [-0.3, -0.25) is 4.98 Å². The Bertz CT molecular complexity index is 441. The predicted molar refractivity (Wildman–Crippen MR) is 66.7 cm³/mol. The first-order valence-corrected chi connectivity index (χ1v) is 6.63. The van der Waals surface area contributed by atoms with Gasteiger partial charge in [0, 0.05) is 6.20 Å². The number of rotatable bonds is 3. The van der Waals surface area contributed by atoms with E-state index in [-0.39, 0.29) is 0 Å². The maximum atomic E-state index is 4.61. The predicted octanol–water partition coefficient (Wildman–Crippen LogP) is 2.23. The lowest BCUT2D eigenvalue weighted by atomic mass is 10.0. The first kappa shape index (κ1) is 10.2. The molecule has 1 atom stereocenters. The molecule has 2 aromatic rings. The number of aromatic nitrogens is 2. The third-order valence-electron chi connectivity index (χ3n) is 3.16. The minimum absolute atomic E-state index is 0.852. The highest BCUT2D eigenvalue weighted by atomic mass is 32.1. The van der Waals surface area contributed by atoms with Crippen LogP contribution >= 0.6 is 11.3 Å². The lowest BCUT2D eigenvalue weighted by molar-refractivity contribution is 0.532. The van der Waals surface area contributed by atoms with Crippen LogP contribution in [0.15, 0.2) is 18.5 Å². The molecule has 1 saturated heterocycles. The maximum Gasteiger partial charge on any atom is 0.0998 e. The van der Waals surface area contributed by atoms with Crippen LogP contribution in [-0.4, -0.2) is 23.1 Å². The van der Waals surface area contributed by atoms with Gasteiger partial charge in [0.1, 0.15) is 0 Å². The van der Waals surface area contributed by atoms with Gasteiger partial charge in [0.25, 0.3) is 0 Å². The van der Waals surface area contributed by atoms with Gasteiger partial charge in [-0.2, -0.15) is 0 Å². The number of thiazole rings is 1. The summed E-state index contributed by atoms with van der Waals surface area (Å²) in [4.78, 5) is 8.71. The third kappa shape index (κ3) is 2.08. The smallest absolute Gasteiger partial charge is 0.0998 e. The molecule has 1 N–H and O–H groups in total. The number of nitrogens with one attached hydrogen (secondary N) is 1. The molecule has 0 aliphatic carbocycles. The monoisotopic (exact) mass is 233 g/mol. The fraction of sp³-hybridized carbons (Fsp3) is 0.500. The molecule has 3 heterocycles. The van der Waals surface area contributed by atoms with Crippen molar-refractivity contribution >= 4 is 21.6 Å². The van der Waals surface area contributed by atoms with Crippen LogP contribution in [0.4, 0.5) is 0 Å². The molecule has 2 aromatic heterocycles. The van der Waals surface area contributed by atoms with Gasteiger partial charge < -0.3 is 5.32 Å². The summed E-state index contributed by atoms with van der Waals surface area (Å²) < 4.78 is 1.26. The van der Waals surface area contributed by atoms with Crippen LogP contribution in [0.5, 0.6) is 0 Å². The van der Waals surface area contributed by atoms with E-state index in [1.54, 1.807) is 0 Å². The number of aryl methyl sites for hydroxylation is 1. The fourth-order valence-electron chi connectivity index (χ4n) is 2.22. The summed E-state index contributed by atoms with van der Waals surface area (Å²) in [5.41, 5.74) is 1.05. The fourth-order valence-corrected chi connectivity index (χ4v) is 3.17. The summed E-state index contributed by atoms with van der Waals surface area (Å²) in [6.07, 6.45) is 7.40. The van der Waals surface area contributed by atoms with Crippen molar-refractivity contribution in [3.05, 3.63) is 23.5 Å². The van der Waals surface area contributed by atoms with E-state index in [9.17, 15) is 0 Å². The summed E-state index contributed by atoms with van der Waals surface area (Å²) in [7, 11) is 0. The van der Waals surface area contributed by atoms with E-state index < -0.39 is 0 Å². The second-order valence-corrected chi connectivity index (χ2v) is 5.46. The average Bonchev–Trinajstić information content (AvgIpc) is 2.95. The number of nitrogens with zero attached hydrogens (tertiary/aromatic N) is 2. The molecular formula is C12H15N3S. The lowest BCUT2D eigenvalue weighted by Crippen LogP contribution is -2.09. The minimum atomic E-state index is 0.852. The van der Waals surface area contributed by atoms with Crippen molar-refractivity contribution in [2.45, 2.75) is 19.3 Å². The van der Waals surface area contributed by atoms with Gasteiger partial charge in [0.05, 0.1) is 21.4 Å². The van der Waals surface area contributed by atoms with Crippen molar-refractivity contribution in [2.75, 3.05) is 13.1 Å². The number of hydrogen-bond acceptors (Lipinski definition) is 4. The summed E-state index contributed by atoms with van der Waals surface area (Å²) in [5, 5.41) is 4.67. The third-order valence-corrected chi connectivity index (χ3v) is 4.26. The zero-order valence-corrected chi connectivity index (χ0v) is 9.96. The van der Waals surface area contributed by atoms with Crippen LogP contribution in [0, 0.1) is 5.92 Å². The van der Waals surface area contributed by atoms with Crippen molar-refractivity contribution in [1.82, 2.24) is 15.3 Å². The van der Waals surface area contributed by atoms with E-state index in [2.05, 4.69) is 15.3 Å². The van der Waals surface area contributed by atoms with Crippen LogP contribution in [0.1, 0.15) is 17.8 Å². The molecule has 16 heavy (non-hydrogen) atoms. The molecule has 4 heteroatoms. The lowest BCUT2D eigenvalue weighted by Gasteiger charge is -2.04. The highest BCUT2D eigenvalue weighted by Gasteiger charge is 2.14. The molecule has 0 bridgehead atoms. The first-order chi connectivity index (χ1) is 7.92. The normalized spacial score (nSPS) is 20.6. The summed E-state index contributed by atoms with van der Waals surface area (Å²) >= 11 is 1.81. The van der Waals surface area contributed by atoms with Gasteiger partial charge in [-0.25, -0.2) is 4.98 Å². The Morgan fingerprint density at radius 3 is 3.31 bits per heavy atom. The van der Waals surface area contributed by atoms with Crippen molar-refractivity contribution in [3.8, 4) is 0 Å². The summed E-state index contributed by atoms with van der Waals surface area (Å²) in [5.74, 6) is 0.852. The van der Waals surface area contributed by atoms with Gasteiger partial charge in [-0.15, -0.1) is 11.3 Å². The van der Waals surface area contributed by atoms with E-state index in [1.165, 1.54) is 35.6 Å². The SMILES string of the molecule is c1cc2sc(CCC3CCNC3)nc2cn1. The molecule has 3 rings (SSSR count). The summed E-state index contributed by atoms with van der Waals surface area (Å²) in [6.45, 7) is 2.38. The van der Waals surface area contributed by atoms with E-state index in [1.807, 2.05) is 29.8 Å². The Balaban J connectivity index is 1.69. The van der Waals surface area contributed by atoms with E-state index >= 15 is 0 Å². The quantitative estimate of drug-likeness (QED) is 0.883. The second-order valence-electron chi connectivity index (χ2n) is 4.35. The zero-order chi connectivity index (χ0) is 10.8. The molecule has 0 aromatic carbocycles. The molecule has 1 aliphatic rings. The topological polar surface area (TPSA) is 37.8 Å². The Labute approximate surface area is 98.9 Å². The van der Waals surface area contributed by atoms with E-state index in [4.69, 9.17) is 0 Å². The highest BCUT2D eigenvalue weighted by Crippen LogP contribution is 2.23. The summed E-state index contributed by atoms with van der Waals surface area (Å²) in [6, 6.07) is 2.05. The Kier molecular flexibility index (Phi) is 2.84. The number of hydrogen-bond donors (Lipinski definition) is 1. The van der Waals surface area contributed by atoms with Crippen LogP contribution in [-0.2, 0) is 6.42 Å². The van der Waals surface area contributed by atoms with Gasteiger partial charge in [0.2, 0.25) is 0 Å². The van der Waals surface area contributed by atoms with E-state index in [0.717, 1.165) is 17.9 Å². The van der Waals surface area contributed by atoms with Crippen molar-refractivity contribution in [2.24, 2.45) is 5.92 Å². The Hall–Kier alpha value is -1.00. The van der Waals surface area contributed by atoms with Crippen molar-refractivity contribution in [1.29, 1.82) is 0 Å². The molecule has 84 valence electrons. The molecule has 0 spiro atoms. The second kappa shape index (κ2) is 4.47. The first-order valence-electron chi connectivity index (χ1n) is 5.82. The van der Waals surface area contributed by atoms with Crippen molar-refractivity contribution < 1.29 is 0 Å². The van der Waals surface area contributed by atoms with Gasteiger partial charge >= 0.3 is 0 Å². The number of fused-ring (bicyclic) bond motifs is 1. The number of pyridine rings is 1. The molecule has 1 fully saturated rings. The molecular weight excluding hydrogens is 218 g/mol. The zero-order valence-electron chi connectivity index (χ0n) is 9.15. The van der Waals surface area contributed by atoms with Crippen LogP contribution in [0.3, 0.4) is 0 Å². The molecule has 0 radical (unpaired) electrons. The molecule has 1 aliphatic heterocycles. The van der Waals surface area contributed by atoms with Crippen LogP contribution < -0.4 is 5.32 Å². The average molecular weight is 233 g/mol. The minimum Gasteiger partial charge on any atom is -0.316 e. The Morgan fingerprint density at radius 1 is 1.50 bits per heavy atom. The van der Waals surface area contributed by atoms with Gasteiger partial charge in [-0.1, -0.05) is 0 Å². The highest BCUT2D eigenvalue weighted by molar-refractivity contribution is 7.18. The van der Waals surface area contributed by atoms with Gasteiger partial charge in [-0.05, 0) is 44.3 Å². The maximum absolute atomic E-state index is 4.61. The largest absolute Gasteiger partial charge is 0.316 e. The standard InChI is InChI=1S/C12H15N3S/c1(9-3-5-13-7-9)2-12-15-10-8-14-6-4-11(10)16-12/h4,6,8-9,13H,1-3,5,7H2.